The lowest BCUT2D eigenvalue weighted by molar-refractivity contribution is -0.132. The second-order valence-corrected chi connectivity index (χ2v) is 16.4. The molecule has 346 valence electrons. The van der Waals surface area contributed by atoms with Gasteiger partial charge in [-0.2, -0.15) is 0 Å². The fraction of sp³-hybridized carbons (Fsp3) is 0.375. The molecule has 4 aromatic rings. The Labute approximate surface area is 384 Å². The molecule has 16 nitrogen and oxygen atoms in total. The number of anilines is 3. The molecule has 0 saturated carbocycles. The van der Waals surface area contributed by atoms with E-state index in [2.05, 4.69) is 26.6 Å². The number of amides is 7. The summed E-state index contributed by atoms with van der Waals surface area (Å²) in [5.41, 5.74) is 14.7. The van der Waals surface area contributed by atoms with E-state index in [0.29, 0.717) is 60.2 Å². The van der Waals surface area contributed by atoms with Crippen molar-refractivity contribution < 1.29 is 38.2 Å². The van der Waals surface area contributed by atoms with Crippen LogP contribution in [0, 0.1) is 5.92 Å². The topological polar surface area (TPSA) is 236 Å². The summed E-state index contributed by atoms with van der Waals surface area (Å²) in [5, 5.41) is 15.4. The Balaban J connectivity index is 1.22. The van der Waals surface area contributed by atoms with E-state index in [0.717, 1.165) is 34.7 Å². The van der Waals surface area contributed by atoms with Crippen molar-refractivity contribution in [3.05, 3.63) is 102 Å². The van der Waals surface area contributed by atoms with E-state index in [1.54, 1.807) is 62.3 Å². The van der Waals surface area contributed by atoms with Gasteiger partial charge in [0, 0.05) is 48.5 Å². The van der Waals surface area contributed by atoms with Crippen molar-refractivity contribution in [1.29, 1.82) is 0 Å². The van der Waals surface area contributed by atoms with E-state index in [1.807, 2.05) is 48.5 Å². The molecular formula is C48H59ClN8O8. The number of ether oxygens (including phenoxy) is 2. The fourth-order valence-corrected chi connectivity index (χ4v) is 7.75. The number of hydrogen-bond donors (Lipinski definition) is 7. The van der Waals surface area contributed by atoms with Crippen molar-refractivity contribution >= 4 is 81.3 Å². The minimum Gasteiger partial charge on any atom is -0.497 e. The standard InChI is InChI=1S/C48H59ClN8O8/c1-30(2)44(56-41(58)13-5-4-8-24-50)46(61)54-38(12-9-25-52-47(51)62)45(60)53-34-19-14-32(15-20-34)29-65-48(63)55-39-26-40-43(37-11-7-6-10-36(37)39)33(27-49)28-57(40)42(59)23-18-31-16-21-35(64-3)22-17-31/h6-7,10-11,14-23,26,30,33,38,44H,4-5,8-9,12-13,24-25,27-29,50H2,1-3H3,(H,53,60)(H,54,61)(H,55,63)(H,56,58)(H3,51,52,62)/b23-18+. The third-order valence-corrected chi connectivity index (χ3v) is 11.3. The van der Waals surface area contributed by atoms with E-state index in [-0.39, 0.29) is 49.6 Å². The van der Waals surface area contributed by atoms with Crippen LogP contribution in [-0.4, -0.2) is 80.5 Å². The molecule has 0 bridgehead atoms. The monoisotopic (exact) mass is 910 g/mol. The molecule has 0 radical (unpaired) electrons. The zero-order valence-electron chi connectivity index (χ0n) is 37.0. The molecule has 1 aliphatic heterocycles. The predicted octanol–water partition coefficient (Wildman–Crippen LogP) is 6.51. The number of carbonyl (C=O) groups is 6. The van der Waals surface area contributed by atoms with Gasteiger partial charge < -0.3 is 47.1 Å². The summed E-state index contributed by atoms with van der Waals surface area (Å²) in [6, 6.07) is 20.8. The molecule has 9 N–H and O–H groups in total. The van der Waals surface area contributed by atoms with Crippen molar-refractivity contribution in [2.24, 2.45) is 17.4 Å². The van der Waals surface area contributed by atoms with Gasteiger partial charge in [0.15, 0.2) is 0 Å². The first kappa shape index (κ1) is 49.4. The predicted molar refractivity (Wildman–Crippen MR) is 254 cm³/mol. The van der Waals surface area contributed by atoms with Gasteiger partial charge in [-0.05, 0) is 96.6 Å². The number of methoxy groups -OCH3 is 1. The van der Waals surface area contributed by atoms with Gasteiger partial charge in [-0.15, -0.1) is 11.6 Å². The van der Waals surface area contributed by atoms with Crippen molar-refractivity contribution in [3.8, 4) is 5.75 Å². The van der Waals surface area contributed by atoms with Crippen LogP contribution in [-0.2, 0) is 30.5 Å². The number of fused-ring (bicyclic) bond motifs is 3. The fourth-order valence-electron chi connectivity index (χ4n) is 7.50. The van der Waals surface area contributed by atoms with Crippen molar-refractivity contribution in [3.63, 3.8) is 0 Å². The third kappa shape index (κ3) is 14.2. The van der Waals surface area contributed by atoms with Crippen molar-refractivity contribution in [1.82, 2.24) is 16.0 Å². The minimum absolute atomic E-state index is 0.0983. The number of nitrogens with one attached hydrogen (secondary N) is 5. The second kappa shape index (κ2) is 24.4. The third-order valence-electron chi connectivity index (χ3n) is 11.0. The lowest BCUT2D eigenvalue weighted by atomic mass is 9.95. The Morgan fingerprint density at radius 3 is 2.26 bits per heavy atom. The van der Waals surface area contributed by atoms with Gasteiger partial charge in [0.1, 0.15) is 24.4 Å². The molecule has 65 heavy (non-hydrogen) atoms. The molecule has 1 heterocycles. The number of benzene rings is 4. The molecule has 7 amide bonds. The average Bonchev–Trinajstić information content (AvgIpc) is 3.68. The lowest BCUT2D eigenvalue weighted by Crippen LogP contribution is -2.54. The van der Waals surface area contributed by atoms with Gasteiger partial charge in [-0.1, -0.05) is 68.8 Å². The van der Waals surface area contributed by atoms with Crippen molar-refractivity contribution in [2.45, 2.75) is 77.0 Å². The average molecular weight is 912 g/mol. The molecule has 0 spiro atoms. The number of unbranched alkanes of at least 4 members (excludes halogenated alkanes) is 2. The smallest absolute Gasteiger partial charge is 0.411 e. The maximum atomic E-state index is 13.6. The molecule has 0 aromatic heterocycles. The van der Waals surface area contributed by atoms with Gasteiger partial charge in [0.2, 0.25) is 17.7 Å². The Bertz CT molecular complexity index is 2320. The largest absolute Gasteiger partial charge is 0.497 e. The number of nitrogens with zero attached hydrogens (tertiary/aromatic N) is 1. The number of hydrogen-bond acceptors (Lipinski definition) is 9. The summed E-state index contributed by atoms with van der Waals surface area (Å²) in [5.74, 6) is -0.914. The molecule has 1 aliphatic rings. The molecule has 3 unspecified atom stereocenters. The number of alkyl halides is 1. The molecule has 4 aromatic carbocycles. The molecule has 17 heteroatoms. The lowest BCUT2D eigenvalue weighted by Gasteiger charge is -2.25. The second-order valence-electron chi connectivity index (χ2n) is 16.1. The Morgan fingerprint density at radius 2 is 1.60 bits per heavy atom. The zero-order chi connectivity index (χ0) is 46.9. The van der Waals surface area contributed by atoms with E-state index < -0.39 is 36.0 Å². The summed E-state index contributed by atoms with van der Waals surface area (Å²) in [6.07, 6.45) is 5.52. The summed E-state index contributed by atoms with van der Waals surface area (Å²) in [4.78, 5) is 79.6. The highest BCUT2D eigenvalue weighted by molar-refractivity contribution is 6.19. The van der Waals surface area contributed by atoms with Crippen LogP contribution >= 0.6 is 11.6 Å². The highest BCUT2D eigenvalue weighted by Crippen LogP contribution is 2.45. The molecule has 0 saturated heterocycles. The maximum absolute atomic E-state index is 13.6. The zero-order valence-corrected chi connectivity index (χ0v) is 37.7. The number of nitrogens with two attached hydrogens (primary N) is 2. The summed E-state index contributed by atoms with van der Waals surface area (Å²) in [7, 11) is 1.59. The van der Waals surface area contributed by atoms with Gasteiger partial charge >= 0.3 is 12.1 Å². The van der Waals surface area contributed by atoms with Crippen LogP contribution in [0.5, 0.6) is 5.75 Å². The summed E-state index contributed by atoms with van der Waals surface area (Å²) >= 11 is 6.46. The van der Waals surface area contributed by atoms with Crippen LogP contribution in [0.25, 0.3) is 16.8 Å². The van der Waals surface area contributed by atoms with E-state index >= 15 is 0 Å². The molecule has 0 aliphatic carbocycles. The van der Waals surface area contributed by atoms with Gasteiger partial charge in [0.05, 0.1) is 18.5 Å². The van der Waals surface area contributed by atoms with E-state index in [4.69, 9.17) is 32.5 Å². The SMILES string of the molecule is COc1ccc(/C=C/C(=O)N2CC(CCl)c3c2cc(NC(=O)OCc2ccc(NC(=O)C(CCCNC(N)=O)NC(=O)C(NC(=O)CCCCCN)C(C)C)cc2)c2ccccc32)cc1. The normalized spacial score (nSPS) is 14.1. The Kier molecular flexibility index (Phi) is 18.5. The first-order chi connectivity index (χ1) is 31.3. The van der Waals surface area contributed by atoms with Gasteiger partial charge in [0.25, 0.3) is 5.91 Å². The quantitative estimate of drug-likeness (QED) is 0.0258. The summed E-state index contributed by atoms with van der Waals surface area (Å²) < 4.78 is 10.8. The van der Waals surface area contributed by atoms with E-state index in [1.165, 1.54) is 6.08 Å². The van der Waals surface area contributed by atoms with Crippen LogP contribution in [0.15, 0.2) is 84.9 Å². The summed E-state index contributed by atoms with van der Waals surface area (Å²) in [6.45, 7) is 4.60. The number of urea groups is 1. The number of primary amides is 1. The minimum atomic E-state index is -1.01. The molecule has 5 rings (SSSR count). The van der Waals surface area contributed by atoms with E-state index in [9.17, 15) is 28.8 Å². The highest BCUT2D eigenvalue weighted by Gasteiger charge is 2.34. The van der Waals surface area contributed by atoms with Crippen LogP contribution in [0.3, 0.4) is 0 Å². The highest BCUT2D eigenvalue weighted by atomic mass is 35.5. The Morgan fingerprint density at radius 1 is 0.877 bits per heavy atom. The van der Waals surface area contributed by atoms with Crippen LogP contribution in [0.1, 0.15) is 75.0 Å². The number of halogens is 1. The first-order valence-corrected chi connectivity index (χ1v) is 22.3. The van der Waals surface area contributed by atoms with Crippen LogP contribution < -0.4 is 47.7 Å². The first-order valence-electron chi connectivity index (χ1n) is 21.7. The Hall–Kier alpha value is -6.65. The number of rotatable bonds is 22. The number of carbonyl (C=O) groups excluding carboxylic acids is 6. The molecule has 3 atom stereocenters. The van der Waals surface area contributed by atoms with Gasteiger partial charge in [-0.3, -0.25) is 24.5 Å². The van der Waals surface area contributed by atoms with Gasteiger partial charge in [-0.25, -0.2) is 9.59 Å². The van der Waals surface area contributed by atoms with Crippen LogP contribution in [0.4, 0.5) is 26.7 Å². The van der Waals surface area contributed by atoms with Crippen molar-refractivity contribution in [2.75, 3.05) is 48.2 Å². The molecular weight excluding hydrogens is 852 g/mol. The van der Waals surface area contributed by atoms with Crippen LogP contribution in [0.2, 0.25) is 0 Å². The maximum Gasteiger partial charge on any atom is 0.411 e. The molecule has 0 fully saturated rings.